The Labute approximate surface area is 172 Å². The van der Waals surface area contributed by atoms with E-state index in [1.54, 1.807) is 19.1 Å². The van der Waals surface area contributed by atoms with Crippen molar-refractivity contribution < 1.29 is 22.8 Å². The third kappa shape index (κ3) is 4.98. The highest BCUT2D eigenvalue weighted by Gasteiger charge is 2.39. The summed E-state index contributed by atoms with van der Waals surface area (Å²) >= 11 is 0. The molecule has 0 aliphatic heterocycles. The standard InChI is InChI=1S/C22H24F3N3O2/c1-13(10-19(29)26-2)28-21(30)16-11-15-4-3-5-18(20(15)27-12-16)14-6-8-17(9-7-14)22(23,24)25/h3-6,11-13,17H,7-10H2,1-2H3,(H,26,29)(H,28,30)/t13-,17-/m1/s1. The molecule has 1 aliphatic carbocycles. The summed E-state index contributed by atoms with van der Waals surface area (Å²) < 4.78 is 38.8. The quantitative estimate of drug-likeness (QED) is 0.762. The first-order valence-corrected chi connectivity index (χ1v) is 9.85. The summed E-state index contributed by atoms with van der Waals surface area (Å²) in [7, 11) is 1.53. The van der Waals surface area contributed by atoms with Gasteiger partial charge < -0.3 is 10.6 Å². The number of pyridine rings is 1. The van der Waals surface area contributed by atoms with Crippen LogP contribution >= 0.6 is 0 Å². The zero-order valence-electron chi connectivity index (χ0n) is 16.8. The van der Waals surface area contributed by atoms with Crippen molar-refractivity contribution in [1.82, 2.24) is 15.6 Å². The van der Waals surface area contributed by atoms with Gasteiger partial charge in [0.1, 0.15) is 0 Å². The molecule has 1 aromatic carbocycles. The summed E-state index contributed by atoms with van der Waals surface area (Å²) in [4.78, 5) is 28.3. The molecular weight excluding hydrogens is 395 g/mol. The van der Waals surface area contributed by atoms with E-state index in [0.717, 1.165) is 16.5 Å². The summed E-state index contributed by atoms with van der Waals surface area (Å²) in [6.45, 7) is 1.74. The smallest absolute Gasteiger partial charge is 0.359 e. The predicted molar refractivity (Wildman–Crippen MR) is 109 cm³/mol. The number of nitrogens with one attached hydrogen (secondary N) is 2. The van der Waals surface area contributed by atoms with Crippen molar-refractivity contribution in [2.45, 2.75) is 44.8 Å². The van der Waals surface area contributed by atoms with Crippen molar-refractivity contribution >= 4 is 28.3 Å². The SMILES string of the molecule is CNC(=O)C[C@@H](C)NC(=O)c1cnc2c(C3=CC[C@@H](C(F)(F)F)CC3)cccc2c1. The van der Waals surface area contributed by atoms with Gasteiger partial charge in [0, 0.05) is 36.7 Å². The van der Waals surface area contributed by atoms with Crippen molar-refractivity contribution in [3.63, 3.8) is 0 Å². The van der Waals surface area contributed by atoms with Gasteiger partial charge in [0.05, 0.1) is 17.0 Å². The van der Waals surface area contributed by atoms with Crippen LogP contribution in [-0.2, 0) is 4.79 Å². The van der Waals surface area contributed by atoms with E-state index in [4.69, 9.17) is 0 Å². The number of amides is 2. The number of fused-ring (bicyclic) bond motifs is 1. The van der Waals surface area contributed by atoms with Crippen molar-refractivity contribution in [3.8, 4) is 0 Å². The largest absolute Gasteiger partial charge is 0.392 e. The van der Waals surface area contributed by atoms with E-state index in [1.165, 1.54) is 13.2 Å². The first-order chi connectivity index (χ1) is 14.2. The van der Waals surface area contributed by atoms with E-state index in [0.29, 0.717) is 17.5 Å². The van der Waals surface area contributed by atoms with Gasteiger partial charge in [-0.15, -0.1) is 0 Å². The lowest BCUT2D eigenvalue weighted by atomic mass is 9.85. The van der Waals surface area contributed by atoms with Crippen LogP contribution in [0.3, 0.4) is 0 Å². The fourth-order valence-corrected chi connectivity index (χ4v) is 3.66. The van der Waals surface area contributed by atoms with Crippen LogP contribution in [-0.4, -0.2) is 36.1 Å². The minimum Gasteiger partial charge on any atom is -0.359 e. The number of rotatable bonds is 5. The summed E-state index contributed by atoms with van der Waals surface area (Å²) in [5, 5.41) is 6.01. The van der Waals surface area contributed by atoms with Crippen LogP contribution in [0.5, 0.6) is 0 Å². The molecule has 1 aromatic heterocycles. The molecule has 3 rings (SSSR count). The lowest BCUT2D eigenvalue weighted by Gasteiger charge is -2.24. The number of hydrogen-bond acceptors (Lipinski definition) is 3. The molecule has 8 heteroatoms. The predicted octanol–water partition coefficient (Wildman–Crippen LogP) is 4.24. The van der Waals surface area contributed by atoms with Crippen LogP contribution in [0.15, 0.2) is 36.5 Å². The molecular formula is C22H24F3N3O2. The van der Waals surface area contributed by atoms with Crippen molar-refractivity contribution in [1.29, 1.82) is 0 Å². The minimum atomic E-state index is -4.17. The number of hydrogen-bond donors (Lipinski definition) is 2. The number of nitrogens with zero attached hydrogens (tertiary/aromatic N) is 1. The second-order valence-electron chi connectivity index (χ2n) is 7.60. The van der Waals surface area contributed by atoms with Crippen LogP contribution in [0.25, 0.3) is 16.5 Å². The number of alkyl halides is 3. The lowest BCUT2D eigenvalue weighted by Crippen LogP contribution is -2.36. The summed E-state index contributed by atoms with van der Waals surface area (Å²) in [5.74, 6) is -1.80. The third-order valence-electron chi connectivity index (χ3n) is 5.34. The zero-order valence-corrected chi connectivity index (χ0v) is 16.8. The molecule has 0 saturated carbocycles. The van der Waals surface area contributed by atoms with E-state index in [2.05, 4.69) is 15.6 Å². The average molecular weight is 419 g/mol. The summed E-state index contributed by atoms with van der Waals surface area (Å²) in [6, 6.07) is 6.84. The maximum Gasteiger partial charge on any atom is 0.392 e. The summed E-state index contributed by atoms with van der Waals surface area (Å²) in [5.41, 5.74) is 2.67. The Morgan fingerprint density at radius 1 is 1.30 bits per heavy atom. The van der Waals surface area contributed by atoms with Crippen LogP contribution in [0.4, 0.5) is 13.2 Å². The highest BCUT2D eigenvalue weighted by Crippen LogP contribution is 2.40. The maximum atomic E-state index is 12.9. The number of benzene rings is 1. The molecule has 160 valence electrons. The molecule has 0 bridgehead atoms. The Morgan fingerprint density at radius 2 is 2.07 bits per heavy atom. The number of carbonyl (C=O) groups excluding carboxylic acids is 2. The number of aromatic nitrogens is 1. The molecule has 0 spiro atoms. The van der Waals surface area contributed by atoms with Gasteiger partial charge in [-0.2, -0.15) is 13.2 Å². The zero-order chi connectivity index (χ0) is 21.9. The van der Waals surface area contributed by atoms with Crippen molar-refractivity contribution in [2.24, 2.45) is 5.92 Å². The average Bonchev–Trinajstić information content (AvgIpc) is 2.72. The molecule has 0 unspecified atom stereocenters. The molecule has 0 fully saturated rings. The molecule has 1 aliphatic rings. The number of para-hydroxylation sites is 1. The molecule has 30 heavy (non-hydrogen) atoms. The van der Waals surface area contributed by atoms with Gasteiger partial charge in [0.2, 0.25) is 5.91 Å². The van der Waals surface area contributed by atoms with E-state index in [1.807, 2.05) is 18.2 Å². The highest BCUT2D eigenvalue weighted by atomic mass is 19.4. The Morgan fingerprint density at radius 3 is 2.70 bits per heavy atom. The van der Waals surface area contributed by atoms with Gasteiger partial charge in [0.25, 0.3) is 5.91 Å². The minimum absolute atomic E-state index is 0.0288. The topological polar surface area (TPSA) is 71.1 Å². The monoisotopic (exact) mass is 419 g/mol. The van der Waals surface area contributed by atoms with Gasteiger partial charge in [0.15, 0.2) is 0 Å². The van der Waals surface area contributed by atoms with Gasteiger partial charge >= 0.3 is 6.18 Å². The second-order valence-corrected chi connectivity index (χ2v) is 7.60. The number of allylic oxidation sites excluding steroid dienone is 2. The third-order valence-corrected chi connectivity index (χ3v) is 5.34. The molecule has 1 heterocycles. The van der Waals surface area contributed by atoms with Crippen LogP contribution < -0.4 is 10.6 Å². The Balaban J connectivity index is 1.80. The first-order valence-electron chi connectivity index (χ1n) is 9.85. The molecule has 2 N–H and O–H groups in total. The van der Waals surface area contributed by atoms with Crippen molar-refractivity contribution in [2.75, 3.05) is 7.05 Å². The van der Waals surface area contributed by atoms with E-state index in [-0.39, 0.29) is 37.1 Å². The lowest BCUT2D eigenvalue weighted by molar-refractivity contribution is -0.175. The Bertz CT molecular complexity index is 985. The normalized spacial score (nSPS) is 17.9. The Kier molecular flexibility index (Phi) is 6.43. The van der Waals surface area contributed by atoms with Gasteiger partial charge in [-0.3, -0.25) is 14.6 Å². The number of halogens is 3. The molecule has 0 radical (unpaired) electrons. The van der Waals surface area contributed by atoms with Gasteiger partial charge in [-0.05, 0) is 37.8 Å². The summed E-state index contributed by atoms with van der Waals surface area (Å²) in [6.07, 6.45) is -0.524. The fourth-order valence-electron chi connectivity index (χ4n) is 3.66. The van der Waals surface area contributed by atoms with E-state index >= 15 is 0 Å². The molecule has 2 amide bonds. The Hall–Kier alpha value is -2.90. The molecule has 2 atom stereocenters. The van der Waals surface area contributed by atoms with Crippen molar-refractivity contribution in [3.05, 3.63) is 47.7 Å². The van der Waals surface area contributed by atoms with E-state index in [9.17, 15) is 22.8 Å². The second kappa shape index (κ2) is 8.85. The van der Waals surface area contributed by atoms with E-state index < -0.39 is 12.1 Å². The first kappa shape index (κ1) is 21.8. The highest BCUT2D eigenvalue weighted by molar-refractivity contribution is 5.99. The van der Waals surface area contributed by atoms with Gasteiger partial charge in [-0.25, -0.2) is 0 Å². The van der Waals surface area contributed by atoms with Crippen LogP contribution in [0, 0.1) is 5.92 Å². The molecule has 0 saturated heterocycles. The van der Waals surface area contributed by atoms with Crippen LogP contribution in [0.1, 0.15) is 48.5 Å². The molecule has 2 aromatic rings. The number of carbonyl (C=O) groups is 2. The molecule has 5 nitrogen and oxygen atoms in total. The fraction of sp³-hybridized carbons (Fsp3) is 0.409. The van der Waals surface area contributed by atoms with Crippen LogP contribution in [0.2, 0.25) is 0 Å². The maximum absolute atomic E-state index is 12.9. The van der Waals surface area contributed by atoms with Gasteiger partial charge in [-0.1, -0.05) is 24.3 Å².